The highest BCUT2D eigenvalue weighted by atomic mass is 16.5. The lowest BCUT2D eigenvalue weighted by Crippen LogP contribution is -2.43. The number of hydrogen-bond donors (Lipinski definition) is 0. The van der Waals surface area contributed by atoms with Crippen LogP contribution >= 0.6 is 0 Å². The number of nitrogens with zero attached hydrogens (tertiary/aromatic N) is 2. The molecule has 0 saturated carbocycles. The summed E-state index contributed by atoms with van der Waals surface area (Å²) in [6.07, 6.45) is 2.82. The number of carbonyl (C=O) groups is 1. The number of benzene rings is 2. The summed E-state index contributed by atoms with van der Waals surface area (Å²) >= 11 is 0. The summed E-state index contributed by atoms with van der Waals surface area (Å²) in [7, 11) is 0. The SMILES string of the molecule is CCc1ccc(/C=C2\Oc3c(ccc4c3CN(CCN3CCOCC3)CO4)C2=O)cc1. The fourth-order valence-electron chi connectivity index (χ4n) is 4.26. The summed E-state index contributed by atoms with van der Waals surface area (Å²) in [5.74, 6) is 1.76. The summed E-state index contributed by atoms with van der Waals surface area (Å²) in [6.45, 7) is 8.85. The highest BCUT2D eigenvalue weighted by Crippen LogP contribution is 2.42. The van der Waals surface area contributed by atoms with Crippen LogP contribution in [0.25, 0.3) is 6.08 Å². The van der Waals surface area contributed by atoms with Gasteiger partial charge in [-0.2, -0.15) is 0 Å². The molecular weight excluding hydrogens is 392 g/mol. The number of fused-ring (bicyclic) bond motifs is 3. The molecule has 0 aliphatic carbocycles. The Labute approximate surface area is 183 Å². The van der Waals surface area contributed by atoms with Crippen LogP contribution in [0.3, 0.4) is 0 Å². The van der Waals surface area contributed by atoms with Gasteiger partial charge in [-0.15, -0.1) is 0 Å². The lowest BCUT2D eigenvalue weighted by molar-refractivity contribution is 0.0239. The molecule has 0 bridgehead atoms. The number of aryl methyl sites for hydroxylation is 1. The maximum atomic E-state index is 13.0. The normalized spacial score (nSPS) is 20.3. The van der Waals surface area contributed by atoms with Gasteiger partial charge in [-0.05, 0) is 35.8 Å². The number of allylic oxidation sites excluding steroid dienone is 1. The number of ether oxygens (including phenoxy) is 3. The van der Waals surface area contributed by atoms with Crippen LogP contribution in [-0.4, -0.2) is 61.7 Å². The standard InChI is InChI=1S/C25H28N2O4/c1-2-18-3-5-19(6-4-18)15-23-24(28)20-7-8-22-21(25(20)31-23)16-27(17-30-22)10-9-26-11-13-29-14-12-26/h3-8,15H,2,9-14,16-17H2,1H3/b23-15-. The van der Waals surface area contributed by atoms with Crippen molar-refractivity contribution in [2.75, 3.05) is 46.1 Å². The molecule has 3 aliphatic rings. The third kappa shape index (κ3) is 4.24. The zero-order chi connectivity index (χ0) is 21.2. The van der Waals surface area contributed by atoms with Crippen LogP contribution in [0.5, 0.6) is 11.5 Å². The fourth-order valence-corrected chi connectivity index (χ4v) is 4.26. The third-order valence-electron chi connectivity index (χ3n) is 6.20. The molecule has 0 atom stereocenters. The highest BCUT2D eigenvalue weighted by molar-refractivity contribution is 6.15. The molecule has 31 heavy (non-hydrogen) atoms. The second-order valence-corrected chi connectivity index (χ2v) is 8.23. The Kier molecular flexibility index (Phi) is 5.76. The van der Waals surface area contributed by atoms with E-state index in [2.05, 4.69) is 28.9 Å². The molecule has 5 rings (SSSR count). The van der Waals surface area contributed by atoms with Crippen molar-refractivity contribution >= 4 is 11.9 Å². The summed E-state index contributed by atoms with van der Waals surface area (Å²) in [5.41, 5.74) is 3.82. The minimum atomic E-state index is -0.0668. The molecule has 162 valence electrons. The van der Waals surface area contributed by atoms with Gasteiger partial charge in [0.1, 0.15) is 18.2 Å². The van der Waals surface area contributed by atoms with Crippen molar-refractivity contribution < 1.29 is 19.0 Å². The Balaban J connectivity index is 1.32. The van der Waals surface area contributed by atoms with Crippen LogP contribution in [0.1, 0.15) is 34.0 Å². The lowest BCUT2D eigenvalue weighted by Gasteiger charge is -2.33. The Bertz CT molecular complexity index is 993. The molecule has 0 spiro atoms. The fraction of sp³-hybridized carbons (Fsp3) is 0.400. The number of morpholine rings is 1. The molecule has 0 N–H and O–H groups in total. The van der Waals surface area contributed by atoms with Gasteiger partial charge >= 0.3 is 0 Å². The second kappa shape index (κ2) is 8.83. The molecule has 2 aromatic carbocycles. The zero-order valence-electron chi connectivity index (χ0n) is 17.9. The number of hydrogen-bond acceptors (Lipinski definition) is 6. The van der Waals surface area contributed by atoms with Gasteiger partial charge in [0.15, 0.2) is 5.76 Å². The van der Waals surface area contributed by atoms with Gasteiger partial charge in [0.05, 0.1) is 24.3 Å². The van der Waals surface area contributed by atoms with Crippen molar-refractivity contribution in [2.45, 2.75) is 19.9 Å². The summed E-state index contributed by atoms with van der Waals surface area (Å²) in [4.78, 5) is 17.6. The molecule has 1 fully saturated rings. The molecule has 1 saturated heterocycles. The summed E-state index contributed by atoms with van der Waals surface area (Å²) < 4.78 is 17.5. The first-order valence-corrected chi connectivity index (χ1v) is 11.1. The molecule has 3 aliphatic heterocycles. The predicted molar refractivity (Wildman–Crippen MR) is 118 cm³/mol. The van der Waals surface area contributed by atoms with Crippen molar-refractivity contribution in [1.82, 2.24) is 9.80 Å². The van der Waals surface area contributed by atoms with E-state index in [9.17, 15) is 4.79 Å². The van der Waals surface area contributed by atoms with Crippen LogP contribution in [0, 0.1) is 0 Å². The van der Waals surface area contributed by atoms with E-state index in [-0.39, 0.29) is 5.78 Å². The Morgan fingerprint density at radius 2 is 1.77 bits per heavy atom. The van der Waals surface area contributed by atoms with Gasteiger partial charge in [-0.1, -0.05) is 31.2 Å². The average Bonchev–Trinajstić information content (AvgIpc) is 3.14. The van der Waals surface area contributed by atoms with Gasteiger partial charge in [-0.3, -0.25) is 14.6 Å². The molecule has 3 heterocycles. The van der Waals surface area contributed by atoms with Crippen molar-refractivity contribution in [3.63, 3.8) is 0 Å². The summed E-state index contributed by atoms with van der Waals surface area (Å²) in [5, 5.41) is 0. The van der Waals surface area contributed by atoms with E-state index in [4.69, 9.17) is 14.2 Å². The van der Waals surface area contributed by atoms with Gasteiger partial charge in [-0.25, -0.2) is 0 Å². The topological polar surface area (TPSA) is 51.2 Å². The average molecular weight is 421 g/mol. The first-order valence-electron chi connectivity index (χ1n) is 11.1. The Morgan fingerprint density at radius 1 is 1.00 bits per heavy atom. The number of carbonyl (C=O) groups excluding carboxylic acids is 1. The monoisotopic (exact) mass is 420 g/mol. The molecule has 0 aromatic heterocycles. The number of Topliss-reactive ketones (excluding diaryl/α,β-unsaturated/α-hetero) is 1. The smallest absolute Gasteiger partial charge is 0.231 e. The lowest BCUT2D eigenvalue weighted by atomic mass is 10.0. The predicted octanol–water partition coefficient (Wildman–Crippen LogP) is 3.35. The molecule has 0 unspecified atom stereocenters. The number of ketones is 1. The maximum Gasteiger partial charge on any atom is 0.231 e. The maximum absolute atomic E-state index is 13.0. The molecule has 6 heteroatoms. The molecule has 0 amide bonds. The highest BCUT2D eigenvalue weighted by Gasteiger charge is 2.33. The third-order valence-corrected chi connectivity index (χ3v) is 6.20. The van der Waals surface area contributed by atoms with Crippen LogP contribution in [0.15, 0.2) is 42.2 Å². The molecule has 6 nitrogen and oxygen atoms in total. The van der Waals surface area contributed by atoms with Crippen molar-refractivity contribution in [1.29, 1.82) is 0 Å². The van der Waals surface area contributed by atoms with E-state index in [1.165, 1.54) is 5.56 Å². The first-order chi connectivity index (χ1) is 15.2. The minimum Gasteiger partial charge on any atom is -0.478 e. The zero-order valence-corrected chi connectivity index (χ0v) is 17.9. The Morgan fingerprint density at radius 3 is 2.55 bits per heavy atom. The second-order valence-electron chi connectivity index (χ2n) is 8.23. The van der Waals surface area contributed by atoms with Gasteiger partial charge in [0, 0.05) is 32.7 Å². The van der Waals surface area contributed by atoms with Crippen molar-refractivity contribution in [3.05, 3.63) is 64.4 Å². The van der Waals surface area contributed by atoms with E-state index >= 15 is 0 Å². The van der Waals surface area contributed by atoms with Gasteiger partial charge in [0.25, 0.3) is 0 Å². The molecule has 0 radical (unpaired) electrons. The van der Waals surface area contributed by atoms with E-state index < -0.39 is 0 Å². The van der Waals surface area contributed by atoms with Crippen LogP contribution < -0.4 is 9.47 Å². The van der Waals surface area contributed by atoms with Crippen molar-refractivity contribution in [2.24, 2.45) is 0 Å². The van der Waals surface area contributed by atoms with Crippen LogP contribution in [0.2, 0.25) is 0 Å². The van der Waals surface area contributed by atoms with E-state index in [1.807, 2.05) is 30.3 Å². The van der Waals surface area contributed by atoms with Gasteiger partial charge in [0.2, 0.25) is 5.78 Å². The molecule has 2 aromatic rings. The van der Waals surface area contributed by atoms with Crippen molar-refractivity contribution in [3.8, 4) is 11.5 Å². The Hall–Kier alpha value is -2.67. The van der Waals surface area contributed by atoms with Crippen LogP contribution in [0.4, 0.5) is 0 Å². The van der Waals surface area contributed by atoms with Gasteiger partial charge < -0.3 is 14.2 Å². The number of rotatable bonds is 5. The minimum absolute atomic E-state index is 0.0668. The quantitative estimate of drug-likeness (QED) is 0.692. The first kappa shape index (κ1) is 20.2. The largest absolute Gasteiger partial charge is 0.478 e. The molecular formula is C25H28N2O4. The van der Waals surface area contributed by atoms with E-state index in [0.29, 0.717) is 30.3 Å². The van der Waals surface area contributed by atoms with E-state index in [0.717, 1.165) is 62.7 Å². The van der Waals surface area contributed by atoms with Crippen LogP contribution in [-0.2, 0) is 17.7 Å². The summed E-state index contributed by atoms with van der Waals surface area (Å²) in [6, 6.07) is 11.9. The van der Waals surface area contributed by atoms with E-state index in [1.54, 1.807) is 0 Å².